The molecule has 2 aromatic heterocycles. The number of cyclic esters (lactones) is 1. The lowest BCUT2D eigenvalue weighted by atomic mass is 9.73. The van der Waals surface area contributed by atoms with Crippen molar-refractivity contribution in [2.75, 3.05) is 34.3 Å². The number of esters is 1. The molecule has 13 atom stereocenters. The Hall–Kier alpha value is -5.12. The SMILES string of the molecule is CC[C@H]1OC(=O)[C@H](C)C(=O)[C@H](C)[C@@H](O[C@@H]2O[C@H](C)C[C@H](N(C)C)[C@H]2O)[C@](C)(OC)C[C@@H](C)C(=O)[C@H](C)[C@H]2N(C3CN(Cc4c(O)cnc5cccnc45)C3)C(=O)O[C@]12C.O=C(O)/C=C/C(=O)O.[HH]. The number of likely N-dealkylation sites (N-methyl/N-ethyl adjacent to an activating group) is 1. The highest BCUT2D eigenvalue weighted by molar-refractivity contribution is 6.00. The summed E-state index contributed by atoms with van der Waals surface area (Å²) in [6.45, 7) is 15.1. The van der Waals surface area contributed by atoms with Gasteiger partial charge in [0.05, 0.1) is 47.1 Å². The van der Waals surface area contributed by atoms with E-state index in [0.717, 1.165) is 0 Å². The van der Waals surface area contributed by atoms with E-state index in [9.17, 15) is 39.0 Å². The second-order valence-corrected chi connectivity index (χ2v) is 18.9. The number of aliphatic hydroxyl groups is 1. The molecule has 4 fully saturated rings. The van der Waals surface area contributed by atoms with Crippen LogP contribution in [0.1, 0.15) is 81.6 Å². The zero-order chi connectivity index (χ0) is 49.9. The van der Waals surface area contributed by atoms with Gasteiger partial charge in [0.1, 0.15) is 29.7 Å². The molecule has 1 amide bonds. The smallest absolute Gasteiger partial charge is 0.411 e. The van der Waals surface area contributed by atoms with Gasteiger partial charge in [0, 0.05) is 75.9 Å². The quantitative estimate of drug-likeness (QED) is 0.150. The first kappa shape index (κ1) is 52.8. The number of Topliss-reactive ketones (excluding diaryl/α,β-unsaturated/α-hetero) is 2. The number of carbonyl (C=O) groups excluding carboxylic acids is 4. The fourth-order valence-electron chi connectivity index (χ4n) is 10.2. The van der Waals surface area contributed by atoms with Crippen LogP contribution >= 0.6 is 0 Å². The number of ether oxygens (including phenoxy) is 5. The molecule has 4 aliphatic heterocycles. The predicted molar refractivity (Wildman–Crippen MR) is 241 cm³/mol. The monoisotopic (exact) mass is 943 g/mol. The molecule has 0 bridgehead atoms. The number of carbonyl (C=O) groups is 6. The van der Waals surface area contributed by atoms with Crippen molar-refractivity contribution in [1.82, 2.24) is 24.7 Å². The minimum absolute atomic E-state index is 0. The highest BCUT2D eigenvalue weighted by Gasteiger charge is 2.62. The molecule has 20 nitrogen and oxygen atoms in total. The molecule has 6 heterocycles. The second-order valence-electron chi connectivity index (χ2n) is 18.9. The topological polar surface area (TPSA) is 265 Å². The number of hydrogen-bond donors (Lipinski definition) is 4. The van der Waals surface area contributed by atoms with E-state index >= 15 is 0 Å². The van der Waals surface area contributed by atoms with Gasteiger partial charge in [-0.3, -0.25) is 34.2 Å². The van der Waals surface area contributed by atoms with Gasteiger partial charge in [-0.15, -0.1) is 0 Å². The van der Waals surface area contributed by atoms with Crippen molar-refractivity contribution in [2.45, 2.75) is 141 Å². The summed E-state index contributed by atoms with van der Waals surface area (Å²) in [5, 5.41) is 37.8. The molecule has 372 valence electrons. The van der Waals surface area contributed by atoms with Crippen LogP contribution in [0.25, 0.3) is 11.0 Å². The van der Waals surface area contributed by atoms with Gasteiger partial charge in [-0.2, -0.15) is 0 Å². The fourth-order valence-corrected chi connectivity index (χ4v) is 10.2. The summed E-state index contributed by atoms with van der Waals surface area (Å²) in [5.41, 5.74) is -0.892. The van der Waals surface area contributed by atoms with Crippen molar-refractivity contribution in [3.8, 4) is 5.75 Å². The molecule has 0 aliphatic carbocycles. The van der Waals surface area contributed by atoms with Crippen LogP contribution in [0.2, 0.25) is 0 Å². The maximum atomic E-state index is 14.8. The van der Waals surface area contributed by atoms with E-state index in [1.807, 2.05) is 32.0 Å². The maximum absolute atomic E-state index is 14.8. The summed E-state index contributed by atoms with van der Waals surface area (Å²) in [4.78, 5) is 90.8. The summed E-state index contributed by atoms with van der Waals surface area (Å²) < 4.78 is 31.3. The number of pyridine rings is 2. The third kappa shape index (κ3) is 11.3. The van der Waals surface area contributed by atoms with Gasteiger partial charge in [0.25, 0.3) is 0 Å². The molecule has 67 heavy (non-hydrogen) atoms. The van der Waals surface area contributed by atoms with Gasteiger partial charge in [-0.25, -0.2) is 14.4 Å². The average molecular weight is 944 g/mol. The van der Waals surface area contributed by atoms with E-state index in [0.29, 0.717) is 54.8 Å². The lowest BCUT2D eigenvalue weighted by Gasteiger charge is -2.48. The van der Waals surface area contributed by atoms with Crippen LogP contribution in [0, 0.1) is 23.7 Å². The van der Waals surface area contributed by atoms with Crippen molar-refractivity contribution < 1.29 is 74.3 Å². The number of carboxylic acid groups (broad SMARTS) is 2. The summed E-state index contributed by atoms with van der Waals surface area (Å²) in [7, 11) is 5.22. The van der Waals surface area contributed by atoms with Crippen LogP contribution in [0.4, 0.5) is 4.79 Å². The highest BCUT2D eigenvalue weighted by Crippen LogP contribution is 2.45. The van der Waals surface area contributed by atoms with E-state index in [1.165, 1.54) is 20.2 Å². The normalized spacial score (nSPS) is 34.8. The zero-order valence-electron chi connectivity index (χ0n) is 40.2. The Morgan fingerprint density at radius 3 is 2.22 bits per heavy atom. The third-order valence-corrected chi connectivity index (χ3v) is 13.9. The number of ketones is 2. The van der Waals surface area contributed by atoms with Crippen LogP contribution in [0.3, 0.4) is 0 Å². The molecule has 4 aliphatic rings. The second kappa shape index (κ2) is 21.5. The number of nitrogens with zero attached hydrogens (tertiary/aromatic N) is 5. The molecule has 0 unspecified atom stereocenters. The van der Waals surface area contributed by atoms with Crippen LogP contribution < -0.4 is 0 Å². The molecule has 0 saturated carbocycles. The number of hydrogen-bond acceptors (Lipinski definition) is 17. The van der Waals surface area contributed by atoms with Gasteiger partial charge in [-0.1, -0.05) is 27.7 Å². The Kier molecular flexibility index (Phi) is 16.9. The van der Waals surface area contributed by atoms with Crippen LogP contribution in [0.5, 0.6) is 5.75 Å². The molecule has 6 rings (SSSR count). The molecular weight excluding hydrogens is 875 g/mol. The summed E-state index contributed by atoms with van der Waals surface area (Å²) in [6.07, 6.45) is -0.0965. The Morgan fingerprint density at radius 2 is 1.64 bits per heavy atom. The number of aromatic nitrogens is 2. The Labute approximate surface area is 392 Å². The first-order valence-electron chi connectivity index (χ1n) is 22.7. The van der Waals surface area contributed by atoms with Crippen molar-refractivity contribution in [2.24, 2.45) is 23.7 Å². The van der Waals surface area contributed by atoms with Crippen molar-refractivity contribution >= 4 is 46.6 Å². The van der Waals surface area contributed by atoms with Crippen LogP contribution in [-0.4, -0.2) is 175 Å². The Bertz CT molecular complexity index is 2180. The summed E-state index contributed by atoms with van der Waals surface area (Å²) in [5.74, 6) is -7.64. The number of aliphatic carboxylic acids is 2. The minimum Gasteiger partial charge on any atom is -0.506 e. The molecule has 4 N–H and O–H groups in total. The van der Waals surface area contributed by atoms with Gasteiger partial charge < -0.3 is 49.0 Å². The first-order valence-corrected chi connectivity index (χ1v) is 22.7. The predicted octanol–water partition coefficient (Wildman–Crippen LogP) is 3.68. The molecule has 20 heteroatoms. The Morgan fingerprint density at radius 1 is 1.00 bits per heavy atom. The highest BCUT2D eigenvalue weighted by atomic mass is 16.7. The molecule has 0 aromatic carbocycles. The lowest BCUT2D eigenvalue weighted by molar-refractivity contribution is -0.295. The first-order chi connectivity index (χ1) is 31.4. The molecule has 0 spiro atoms. The van der Waals surface area contributed by atoms with E-state index in [4.69, 9.17) is 33.9 Å². The Balaban J connectivity index is 0.00000103. The molecule has 2 aromatic rings. The average Bonchev–Trinajstić information content (AvgIpc) is 3.53. The minimum atomic E-state index is -1.46. The van der Waals surface area contributed by atoms with Crippen LogP contribution in [-0.2, 0) is 54.2 Å². The standard InChI is InChI=1S/C43H63N5O11.C4H4O4.H2/c1-12-32-43(8)37(48(41(54)59-43)27-19-47(20-27)21-28-31(49)18-45-29-14-13-15-44-33(28)29)24(4)34(50)22(2)17-42(7,55-11)38(25(5)35(51)26(6)39(53)57-32)58-40-36(52)30(46(9)10)16-23(3)56-40;5-3(6)1-2-4(7)8;/h13-15,18,22-27,30,32,36-38,40,49,52H,12,16-17,19-21H2,1-11H3;1-2H,(H,5,6)(H,7,8);1H/b;2-1+;/t22-,23-,24+,25+,26-,30+,32-,36-,37-,38-,40+,42-,43-;;/m1../s1. The molecule has 0 radical (unpaired) electrons. The largest absolute Gasteiger partial charge is 0.506 e. The number of rotatable bonds is 10. The number of amides is 1. The van der Waals surface area contributed by atoms with E-state index in [-0.39, 0.29) is 44.0 Å². The maximum Gasteiger partial charge on any atom is 0.411 e. The van der Waals surface area contributed by atoms with Crippen molar-refractivity contribution in [3.63, 3.8) is 0 Å². The summed E-state index contributed by atoms with van der Waals surface area (Å²) in [6, 6.07) is 2.09. The van der Waals surface area contributed by atoms with Crippen LogP contribution in [0.15, 0.2) is 36.7 Å². The number of methoxy groups -OCH3 is 1. The van der Waals surface area contributed by atoms with Crippen molar-refractivity contribution in [3.05, 3.63) is 42.2 Å². The molecular formula is C47H69N5O15. The lowest BCUT2D eigenvalue weighted by Crippen LogP contribution is -2.65. The fraction of sp³-hybridized carbons (Fsp3) is 0.660. The molecule has 4 saturated heterocycles. The number of aliphatic hydroxyl groups excluding tert-OH is 1. The van der Waals surface area contributed by atoms with Gasteiger partial charge in [-0.05, 0) is 73.2 Å². The number of carboxylic acids is 2. The number of fused-ring (bicyclic) bond motifs is 2. The van der Waals surface area contributed by atoms with Gasteiger partial charge in [0.2, 0.25) is 0 Å². The number of likely N-dealkylation sites (tertiary alicyclic amines) is 1. The van der Waals surface area contributed by atoms with E-state index in [1.54, 1.807) is 58.7 Å². The van der Waals surface area contributed by atoms with Gasteiger partial charge in [0.15, 0.2) is 17.7 Å². The third-order valence-electron chi connectivity index (χ3n) is 13.9. The summed E-state index contributed by atoms with van der Waals surface area (Å²) >= 11 is 0. The zero-order valence-corrected chi connectivity index (χ0v) is 40.2. The number of aromatic hydroxyl groups is 1. The van der Waals surface area contributed by atoms with Crippen molar-refractivity contribution in [1.29, 1.82) is 0 Å². The van der Waals surface area contributed by atoms with Gasteiger partial charge >= 0.3 is 24.0 Å². The van der Waals surface area contributed by atoms with E-state index < -0.39 is 95.3 Å². The van der Waals surface area contributed by atoms with E-state index in [2.05, 4.69) is 14.9 Å².